The van der Waals surface area contributed by atoms with Crippen LogP contribution >= 0.6 is 11.8 Å². The minimum absolute atomic E-state index is 0.803. The second-order valence-electron chi connectivity index (χ2n) is 2.14. The first-order valence-corrected chi connectivity index (χ1v) is 4.48. The average molecular weight is 172 g/mol. The molecular formula is C6H12N4S. The van der Waals surface area contributed by atoms with Crippen LogP contribution in [0.1, 0.15) is 5.82 Å². The van der Waals surface area contributed by atoms with E-state index in [1.807, 2.05) is 14.0 Å². The lowest BCUT2D eigenvalue weighted by atomic mass is 10.8. The topological polar surface area (TPSA) is 53.6 Å². The predicted molar refractivity (Wildman–Crippen MR) is 45.8 cm³/mol. The Kier molecular flexibility index (Phi) is 3.38. The lowest BCUT2D eigenvalue weighted by Crippen LogP contribution is -2.09. The number of thioether (sulfide) groups is 1. The molecule has 0 amide bonds. The van der Waals surface area contributed by atoms with Gasteiger partial charge < -0.3 is 5.32 Å². The van der Waals surface area contributed by atoms with Crippen LogP contribution in [-0.4, -0.2) is 34.5 Å². The van der Waals surface area contributed by atoms with Gasteiger partial charge in [-0.2, -0.15) is 5.10 Å². The van der Waals surface area contributed by atoms with Gasteiger partial charge in [-0.25, -0.2) is 4.98 Å². The lowest BCUT2D eigenvalue weighted by molar-refractivity contribution is 0.868. The molecule has 0 fully saturated rings. The van der Waals surface area contributed by atoms with Gasteiger partial charge in [0, 0.05) is 12.3 Å². The van der Waals surface area contributed by atoms with E-state index in [1.165, 1.54) is 0 Å². The van der Waals surface area contributed by atoms with Crippen LogP contribution in [0.3, 0.4) is 0 Å². The monoisotopic (exact) mass is 172 g/mol. The van der Waals surface area contributed by atoms with Crippen molar-refractivity contribution in [1.29, 1.82) is 0 Å². The van der Waals surface area contributed by atoms with E-state index in [9.17, 15) is 0 Å². The highest BCUT2D eigenvalue weighted by Crippen LogP contribution is 2.09. The molecule has 4 nitrogen and oxygen atoms in total. The summed E-state index contributed by atoms with van der Waals surface area (Å²) in [6, 6.07) is 0. The summed E-state index contributed by atoms with van der Waals surface area (Å²) in [5.41, 5.74) is 0. The maximum atomic E-state index is 4.15. The summed E-state index contributed by atoms with van der Waals surface area (Å²) < 4.78 is 0. The molecule has 2 N–H and O–H groups in total. The molecule has 62 valence electrons. The number of nitrogens with one attached hydrogen (secondary N) is 2. The SMILES string of the molecule is CNCCSc1nc(C)n[nH]1. The fraction of sp³-hybridized carbons (Fsp3) is 0.667. The largest absolute Gasteiger partial charge is 0.319 e. The van der Waals surface area contributed by atoms with E-state index in [4.69, 9.17) is 0 Å². The average Bonchev–Trinajstić information content (AvgIpc) is 2.37. The minimum Gasteiger partial charge on any atom is -0.319 e. The molecule has 1 aromatic rings. The third kappa shape index (κ3) is 2.90. The zero-order chi connectivity index (χ0) is 8.10. The molecule has 0 aromatic carbocycles. The van der Waals surface area contributed by atoms with Crippen molar-refractivity contribution < 1.29 is 0 Å². The van der Waals surface area contributed by atoms with Gasteiger partial charge in [0.1, 0.15) is 5.82 Å². The molecule has 0 atom stereocenters. The number of hydrogen-bond acceptors (Lipinski definition) is 4. The van der Waals surface area contributed by atoms with Gasteiger partial charge in [0.25, 0.3) is 0 Å². The van der Waals surface area contributed by atoms with E-state index in [2.05, 4.69) is 20.5 Å². The van der Waals surface area contributed by atoms with Gasteiger partial charge in [-0.3, -0.25) is 5.10 Å². The summed E-state index contributed by atoms with van der Waals surface area (Å²) in [4.78, 5) is 4.15. The minimum atomic E-state index is 0.803. The summed E-state index contributed by atoms with van der Waals surface area (Å²) in [6.07, 6.45) is 0. The Morgan fingerprint density at radius 3 is 3.00 bits per heavy atom. The summed E-state index contributed by atoms with van der Waals surface area (Å²) in [5, 5.41) is 10.7. The second kappa shape index (κ2) is 4.35. The summed E-state index contributed by atoms with van der Waals surface area (Å²) in [7, 11) is 1.94. The van der Waals surface area contributed by atoms with Gasteiger partial charge in [0.15, 0.2) is 5.16 Å². The van der Waals surface area contributed by atoms with Crippen LogP contribution in [0.25, 0.3) is 0 Å². The van der Waals surface area contributed by atoms with Gasteiger partial charge in [0.05, 0.1) is 0 Å². The molecule has 0 radical (unpaired) electrons. The molecule has 1 heterocycles. The van der Waals surface area contributed by atoms with E-state index in [0.717, 1.165) is 23.3 Å². The molecular weight excluding hydrogens is 160 g/mol. The Morgan fingerprint density at radius 1 is 1.64 bits per heavy atom. The Labute approximate surface area is 70.2 Å². The zero-order valence-electron chi connectivity index (χ0n) is 6.72. The first-order chi connectivity index (χ1) is 5.33. The van der Waals surface area contributed by atoms with Crippen LogP contribution in [0.15, 0.2) is 5.16 Å². The van der Waals surface area contributed by atoms with Gasteiger partial charge in [-0.1, -0.05) is 11.8 Å². The fourth-order valence-corrected chi connectivity index (χ4v) is 1.45. The van der Waals surface area contributed by atoms with Gasteiger partial charge in [0.2, 0.25) is 0 Å². The molecule has 0 spiro atoms. The highest BCUT2D eigenvalue weighted by atomic mass is 32.2. The maximum absolute atomic E-state index is 4.15. The van der Waals surface area contributed by atoms with Gasteiger partial charge >= 0.3 is 0 Å². The standard InChI is InChI=1S/C6H12N4S/c1-5-8-6(10-9-5)11-4-3-7-2/h7H,3-4H2,1-2H3,(H,8,9,10). The van der Waals surface area contributed by atoms with Crippen LogP contribution in [0.5, 0.6) is 0 Å². The van der Waals surface area contributed by atoms with Gasteiger partial charge in [-0.15, -0.1) is 0 Å². The molecule has 0 unspecified atom stereocenters. The molecule has 0 aliphatic heterocycles. The molecule has 0 bridgehead atoms. The first-order valence-electron chi connectivity index (χ1n) is 3.49. The molecule has 11 heavy (non-hydrogen) atoms. The number of hydrogen-bond donors (Lipinski definition) is 2. The van der Waals surface area contributed by atoms with Crippen molar-refractivity contribution in [3.05, 3.63) is 5.82 Å². The number of nitrogens with zero attached hydrogens (tertiary/aromatic N) is 2. The number of aromatic amines is 1. The maximum Gasteiger partial charge on any atom is 0.183 e. The molecule has 0 aliphatic carbocycles. The highest BCUT2D eigenvalue weighted by Gasteiger charge is 1.97. The molecule has 0 saturated carbocycles. The second-order valence-corrected chi connectivity index (χ2v) is 3.22. The predicted octanol–water partition coefficient (Wildman–Crippen LogP) is 0.425. The molecule has 1 rings (SSSR count). The molecule has 0 aliphatic rings. The van der Waals surface area contributed by atoms with Crippen molar-refractivity contribution >= 4 is 11.8 Å². The normalized spacial score (nSPS) is 10.4. The lowest BCUT2D eigenvalue weighted by Gasteiger charge is -1.94. The van der Waals surface area contributed by atoms with E-state index < -0.39 is 0 Å². The van der Waals surface area contributed by atoms with Crippen molar-refractivity contribution in [2.75, 3.05) is 19.3 Å². The van der Waals surface area contributed by atoms with Crippen molar-refractivity contribution in [2.45, 2.75) is 12.1 Å². The fourth-order valence-electron chi connectivity index (χ4n) is 0.640. The summed E-state index contributed by atoms with van der Waals surface area (Å²) in [5.74, 6) is 1.82. The Bertz CT molecular complexity index is 210. The van der Waals surface area contributed by atoms with Crippen molar-refractivity contribution in [3.8, 4) is 0 Å². The molecule has 0 saturated heterocycles. The number of aromatic nitrogens is 3. The van der Waals surface area contributed by atoms with E-state index in [1.54, 1.807) is 11.8 Å². The quantitative estimate of drug-likeness (QED) is 0.510. The Balaban J connectivity index is 2.27. The van der Waals surface area contributed by atoms with E-state index >= 15 is 0 Å². The van der Waals surface area contributed by atoms with Crippen molar-refractivity contribution in [1.82, 2.24) is 20.5 Å². The van der Waals surface area contributed by atoms with Crippen LogP contribution in [-0.2, 0) is 0 Å². The van der Waals surface area contributed by atoms with E-state index in [0.29, 0.717) is 0 Å². The van der Waals surface area contributed by atoms with E-state index in [-0.39, 0.29) is 0 Å². The summed E-state index contributed by atoms with van der Waals surface area (Å²) in [6.45, 7) is 2.86. The highest BCUT2D eigenvalue weighted by molar-refractivity contribution is 7.99. The Morgan fingerprint density at radius 2 is 2.45 bits per heavy atom. The third-order valence-electron chi connectivity index (χ3n) is 1.17. The third-order valence-corrected chi connectivity index (χ3v) is 2.03. The summed E-state index contributed by atoms with van der Waals surface area (Å²) >= 11 is 1.67. The van der Waals surface area contributed by atoms with Gasteiger partial charge in [-0.05, 0) is 14.0 Å². The number of aryl methyl sites for hydroxylation is 1. The van der Waals surface area contributed by atoms with Crippen molar-refractivity contribution in [3.63, 3.8) is 0 Å². The van der Waals surface area contributed by atoms with Crippen molar-refractivity contribution in [2.24, 2.45) is 0 Å². The molecule has 5 heteroatoms. The molecule has 1 aromatic heterocycles. The van der Waals surface area contributed by atoms with Crippen LogP contribution in [0.2, 0.25) is 0 Å². The van der Waals surface area contributed by atoms with Crippen LogP contribution < -0.4 is 5.32 Å². The first kappa shape index (κ1) is 8.55. The zero-order valence-corrected chi connectivity index (χ0v) is 7.53. The number of rotatable bonds is 4. The van der Waals surface area contributed by atoms with Crippen LogP contribution in [0, 0.1) is 6.92 Å². The van der Waals surface area contributed by atoms with Crippen LogP contribution in [0.4, 0.5) is 0 Å². The smallest absolute Gasteiger partial charge is 0.183 e. The number of H-pyrrole nitrogens is 1. The Hall–Kier alpha value is -0.550.